The molecule has 1 N–H and O–H groups in total. The topological polar surface area (TPSA) is 75.7 Å². The van der Waals surface area contributed by atoms with E-state index in [9.17, 15) is 14.4 Å². The standard InChI is InChI=1S/C19H14Cl2N2O4/c20-10-7-11(21)9-12(8-10)22-17(25)15-5-6-16(24)23(15)18-13-3-1-2-4-14(13)19(26)27-18/h1-4,7-9,15,18H,5-6H2,(H,22,25)/t15-,18-/m1/s1. The molecule has 0 bridgehead atoms. The number of amides is 2. The van der Waals surface area contributed by atoms with Gasteiger partial charge in [0.05, 0.1) is 5.56 Å². The highest BCUT2D eigenvalue weighted by molar-refractivity contribution is 6.35. The second kappa shape index (κ2) is 6.87. The summed E-state index contributed by atoms with van der Waals surface area (Å²) in [6.07, 6.45) is -0.373. The lowest BCUT2D eigenvalue weighted by Gasteiger charge is -2.29. The molecule has 8 heteroatoms. The van der Waals surface area contributed by atoms with Crippen LogP contribution in [-0.2, 0) is 14.3 Å². The van der Waals surface area contributed by atoms with Crippen molar-refractivity contribution in [3.05, 3.63) is 63.6 Å². The molecule has 2 aromatic carbocycles. The molecule has 0 aromatic heterocycles. The van der Waals surface area contributed by atoms with Crippen molar-refractivity contribution in [2.24, 2.45) is 0 Å². The van der Waals surface area contributed by atoms with E-state index < -0.39 is 18.2 Å². The van der Waals surface area contributed by atoms with Gasteiger partial charge in [-0.3, -0.25) is 14.5 Å². The number of ether oxygens (including phenoxy) is 1. The van der Waals surface area contributed by atoms with Crippen LogP contribution >= 0.6 is 23.2 Å². The Bertz CT molecular complexity index is 942. The van der Waals surface area contributed by atoms with E-state index in [1.807, 2.05) is 0 Å². The van der Waals surface area contributed by atoms with Gasteiger partial charge in [0, 0.05) is 27.7 Å². The van der Waals surface area contributed by atoms with Gasteiger partial charge in [-0.2, -0.15) is 0 Å². The van der Waals surface area contributed by atoms with Crippen LogP contribution in [0.2, 0.25) is 10.0 Å². The highest BCUT2D eigenvalue weighted by Crippen LogP contribution is 2.38. The van der Waals surface area contributed by atoms with E-state index in [2.05, 4.69) is 5.32 Å². The first-order chi connectivity index (χ1) is 12.9. The van der Waals surface area contributed by atoms with Crippen molar-refractivity contribution in [3.63, 3.8) is 0 Å². The average Bonchev–Trinajstić information content (AvgIpc) is 3.14. The van der Waals surface area contributed by atoms with Gasteiger partial charge >= 0.3 is 5.97 Å². The zero-order valence-corrected chi connectivity index (χ0v) is 15.5. The SMILES string of the molecule is O=C1O[C@@H](N2C(=O)CC[C@@H]2C(=O)Nc2cc(Cl)cc(Cl)c2)c2ccccc21. The largest absolute Gasteiger partial charge is 0.433 e. The minimum atomic E-state index is -0.901. The lowest BCUT2D eigenvalue weighted by molar-refractivity contribution is -0.144. The Hall–Kier alpha value is -2.57. The van der Waals surface area contributed by atoms with E-state index in [-0.39, 0.29) is 18.2 Å². The molecule has 2 aliphatic rings. The number of nitrogens with one attached hydrogen (secondary N) is 1. The van der Waals surface area contributed by atoms with E-state index in [0.29, 0.717) is 33.3 Å². The summed E-state index contributed by atoms with van der Waals surface area (Å²) in [6, 6.07) is 10.8. The Morgan fingerprint density at radius 1 is 1.11 bits per heavy atom. The van der Waals surface area contributed by atoms with Crippen molar-refractivity contribution in [1.82, 2.24) is 4.90 Å². The van der Waals surface area contributed by atoms with Crippen molar-refractivity contribution in [2.45, 2.75) is 25.1 Å². The van der Waals surface area contributed by atoms with Crippen LogP contribution in [0.3, 0.4) is 0 Å². The van der Waals surface area contributed by atoms with Crippen molar-refractivity contribution >= 4 is 46.7 Å². The summed E-state index contributed by atoms with van der Waals surface area (Å²) in [5.74, 6) is -1.13. The molecular weight excluding hydrogens is 391 g/mol. The van der Waals surface area contributed by atoms with Crippen LogP contribution in [0.15, 0.2) is 42.5 Å². The fourth-order valence-corrected chi connectivity index (χ4v) is 3.96. The number of nitrogens with zero attached hydrogens (tertiary/aromatic N) is 1. The molecule has 4 rings (SSSR count). The number of halogens is 2. The summed E-state index contributed by atoms with van der Waals surface area (Å²) < 4.78 is 5.40. The molecule has 2 atom stereocenters. The van der Waals surface area contributed by atoms with Crippen molar-refractivity contribution in [1.29, 1.82) is 0 Å². The van der Waals surface area contributed by atoms with Crippen LogP contribution in [0.5, 0.6) is 0 Å². The molecule has 2 amide bonds. The van der Waals surface area contributed by atoms with Crippen LogP contribution < -0.4 is 5.32 Å². The number of benzene rings is 2. The summed E-state index contributed by atoms with van der Waals surface area (Å²) in [5.41, 5.74) is 1.42. The van der Waals surface area contributed by atoms with E-state index >= 15 is 0 Å². The summed E-state index contributed by atoms with van der Waals surface area (Å²) >= 11 is 11.9. The molecule has 2 aliphatic heterocycles. The van der Waals surface area contributed by atoms with E-state index in [1.54, 1.807) is 42.5 Å². The highest BCUT2D eigenvalue weighted by atomic mass is 35.5. The second-order valence-corrected chi connectivity index (χ2v) is 7.22. The number of anilines is 1. The summed E-state index contributed by atoms with van der Waals surface area (Å²) in [7, 11) is 0. The predicted octanol–water partition coefficient (Wildman–Crippen LogP) is 3.79. The third-order valence-electron chi connectivity index (χ3n) is 4.61. The van der Waals surface area contributed by atoms with E-state index in [4.69, 9.17) is 27.9 Å². The van der Waals surface area contributed by atoms with Crippen LogP contribution in [0.4, 0.5) is 5.69 Å². The zero-order chi connectivity index (χ0) is 19.1. The van der Waals surface area contributed by atoms with Crippen molar-refractivity contribution < 1.29 is 19.1 Å². The number of likely N-dealkylation sites (tertiary alicyclic amines) is 1. The first kappa shape index (κ1) is 17.8. The van der Waals surface area contributed by atoms with Crippen molar-refractivity contribution in [2.75, 3.05) is 5.32 Å². The van der Waals surface area contributed by atoms with Gasteiger partial charge in [0.1, 0.15) is 6.04 Å². The van der Waals surface area contributed by atoms with E-state index in [1.165, 1.54) is 4.90 Å². The van der Waals surface area contributed by atoms with Crippen LogP contribution in [-0.4, -0.2) is 28.7 Å². The lowest BCUT2D eigenvalue weighted by Crippen LogP contribution is -2.43. The average molecular weight is 405 g/mol. The molecule has 1 fully saturated rings. The van der Waals surface area contributed by atoms with Gasteiger partial charge < -0.3 is 10.1 Å². The number of rotatable bonds is 3. The molecule has 138 valence electrons. The third-order valence-corrected chi connectivity index (χ3v) is 5.04. The number of carbonyl (C=O) groups excluding carboxylic acids is 3. The lowest BCUT2D eigenvalue weighted by atomic mass is 10.1. The number of cyclic esters (lactones) is 1. The molecule has 1 saturated heterocycles. The maximum Gasteiger partial charge on any atom is 0.340 e. The molecule has 2 aromatic rings. The Morgan fingerprint density at radius 2 is 1.81 bits per heavy atom. The second-order valence-electron chi connectivity index (χ2n) is 6.35. The van der Waals surface area contributed by atoms with Gasteiger partial charge in [-0.1, -0.05) is 41.4 Å². The fraction of sp³-hybridized carbons (Fsp3) is 0.211. The summed E-state index contributed by atoms with van der Waals surface area (Å²) in [5, 5.41) is 3.50. The number of fused-ring (bicyclic) bond motifs is 1. The number of carbonyl (C=O) groups is 3. The fourth-order valence-electron chi connectivity index (χ4n) is 3.44. The Labute approximate surface area is 165 Å². The van der Waals surface area contributed by atoms with Gasteiger partial charge in [0.15, 0.2) is 0 Å². The van der Waals surface area contributed by atoms with Gasteiger partial charge in [0.2, 0.25) is 18.0 Å². The Kier molecular flexibility index (Phi) is 4.53. The zero-order valence-electron chi connectivity index (χ0n) is 13.9. The maximum absolute atomic E-state index is 12.8. The molecule has 27 heavy (non-hydrogen) atoms. The molecule has 2 heterocycles. The molecule has 0 unspecified atom stereocenters. The first-order valence-corrected chi connectivity index (χ1v) is 9.07. The van der Waals surface area contributed by atoms with Gasteiger partial charge in [-0.15, -0.1) is 0 Å². The number of hydrogen-bond acceptors (Lipinski definition) is 4. The molecule has 0 aliphatic carbocycles. The summed E-state index contributed by atoms with van der Waals surface area (Å²) in [4.78, 5) is 38.7. The van der Waals surface area contributed by atoms with Crippen molar-refractivity contribution in [3.8, 4) is 0 Å². The van der Waals surface area contributed by atoms with Gasteiger partial charge in [-0.05, 0) is 30.7 Å². The smallest absolute Gasteiger partial charge is 0.340 e. The van der Waals surface area contributed by atoms with Crippen LogP contribution in [0.1, 0.15) is 35.0 Å². The molecular formula is C19H14Cl2N2O4. The summed E-state index contributed by atoms with van der Waals surface area (Å²) in [6.45, 7) is 0. The Balaban J connectivity index is 1.60. The van der Waals surface area contributed by atoms with Gasteiger partial charge in [0.25, 0.3) is 0 Å². The molecule has 0 spiro atoms. The van der Waals surface area contributed by atoms with Gasteiger partial charge in [-0.25, -0.2) is 4.79 Å². The molecule has 6 nitrogen and oxygen atoms in total. The van der Waals surface area contributed by atoms with Crippen LogP contribution in [0.25, 0.3) is 0 Å². The molecule has 0 saturated carbocycles. The predicted molar refractivity (Wildman–Crippen MR) is 99.6 cm³/mol. The number of esters is 1. The third kappa shape index (κ3) is 3.26. The molecule has 0 radical (unpaired) electrons. The quantitative estimate of drug-likeness (QED) is 0.789. The van der Waals surface area contributed by atoms with Crippen LogP contribution in [0, 0.1) is 0 Å². The normalized spacial score (nSPS) is 21.2. The van der Waals surface area contributed by atoms with E-state index in [0.717, 1.165) is 0 Å². The number of hydrogen-bond donors (Lipinski definition) is 1. The monoisotopic (exact) mass is 404 g/mol. The Morgan fingerprint density at radius 3 is 2.56 bits per heavy atom. The first-order valence-electron chi connectivity index (χ1n) is 8.32. The minimum absolute atomic E-state index is 0.199. The maximum atomic E-state index is 12.8. The minimum Gasteiger partial charge on any atom is -0.433 e. The highest BCUT2D eigenvalue weighted by Gasteiger charge is 2.46.